The van der Waals surface area contributed by atoms with E-state index in [1.807, 2.05) is 0 Å². The molecule has 0 spiro atoms. The maximum atomic E-state index is 12.3. The van der Waals surface area contributed by atoms with Crippen LogP contribution < -0.4 is 4.72 Å². The number of esters is 1. The Morgan fingerprint density at radius 2 is 2.08 bits per heavy atom. The van der Waals surface area contributed by atoms with Crippen molar-refractivity contribution in [1.29, 1.82) is 0 Å². The van der Waals surface area contributed by atoms with Gasteiger partial charge in [0.2, 0.25) is 0 Å². The molecule has 0 unspecified atom stereocenters. The number of halogens is 1. The fourth-order valence-corrected chi connectivity index (χ4v) is 3.27. The number of benzene rings is 1. The van der Waals surface area contributed by atoms with E-state index >= 15 is 0 Å². The van der Waals surface area contributed by atoms with Crippen LogP contribution in [0.5, 0.6) is 5.75 Å². The summed E-state index contributed by atoms with van der Waals surface area (Å²) in [7, 11) is -4.03. The molecule has 9 heteroatoms. The Morgan fingerprint density at radius 1 is 1.33 bits per heavy atom. The summed E-state index contributed by atoms with van der Waals surface area (Å²) in [6.45, 7) is 1.98. The number of hydrogen-bond donors (Lipinski definition) is 2. The summed E-state index contributed by atoms with van der Waals surface area (Å²) in [4.78, 5) is 15.0. The van der Waals surface area contributed by atoms with Crippen LogP contribution in [0.4, 0.5) is 5.69 Å². The second-order valence-corrected chi connectivity index (χ2v) is 6.77. The molecule has 24 heavy (non-hydrogen) atoms. The number of para-hydroxylation sites is 1. The first-order valence-corrected chi connectivity index (χ1v) is 8.80. The molecule has 0 atom stereocenters. The molecule has 0 bridgehead atoms. The van der Waals surface area contributed by atoms with Crippen LogP contribution in [0.2, 0.25) is 5.02 Å². The summed E-state index contributed by atoms with van der Waals surface area (Å²) in [5.74, 6) is -0.944. The smallest absolute Gasteiger partial charge is 0.311 e. The Bertz CT molecular complexity index is 837. The van der Waals surface area contributed by atoms with Crippen molar-refractivity contribution in [2.45, 2.75) is 18.2 Å². The first-order chi connectivity index (χ1) is 11.3. The third-order valence-corrected chi connectivity index (χ3v) is 4.66. The number of phenols is 1. The Kier molecular flexibility index (Phi) is 5.63. The van der Waals surface area contributed by atoms with Crippen LogP contribution in [0.15, 0.2) is 41.4 Å². The van der Waals surface area contributed by atoms with Gasteiger partial charge in [-0.05, 0) is 31.2 Å². The topological polar surface area (TPSA) is 106 Å². The summed E-state index contributed by atoms with van der Waals surface area (Å²) in [5, 5.41) is 9.72. The average Bonchev–Trinajstić information content (AvgIpc) is 2.52. The van der Waals surface area contributed by atoms with E-state index in [1.165, 1.54) is 36.5 Å². The molecule has 2 aromatic rings. The van der Waals surface area contributed by atoms with Crippen molar-refractivity contribution in [3.63, 3.8) is 0 Å². The van der Waals surface area contributed by atoms with E-state index in [0.717, 1.165) is 0 Å². The van der Waals surface area contributed by atoms with E-state index in [9.17, 15) is 18.3 Å². The maximum absolute atomic E-state index is 12.3. The molecule has 128 valence electrons. The molecule has 1 heterocycles. The fourth-order valence-electron chi connectivity index (χ4n) is 1.87. The quantitative estimate of drug-likeness (QED) is 0.756. The zero-order valence-electron chi connectivity index (χ0n) is 12.7. The molecule has 0 aliphatic carbocycles. The standard InChI is InChI=1S/C15H15ClN2O5S/c1-2-23-14(19)8-10-6-7-11(9-17-10)18-24(21,22)13-5-3-4-12(16)15(13)20/h3-7,9,18,20H,2,8H2,1H3. The van der Waals surface area contributed by atoms with Gasteiger partial charge >= 0.3 is 5.97 Å². The summed E-state index contributed by atoms with van der Waals surface area (Å²) < 4.78 is 31.7. The number of rotatable bonds is 6. The van der Waals surface area contributed by atoms with Crippen molar-refractivity contribution < 1.29 is 23.1 Å². The van der Waals surface area contributed by atoms with Crippen LogP contribution >= 0.6 is 11.6 Å². The van der Waals surface area contributed by atoms with Crippen molar-refractivity contribution in [2.24, 2.45) is 0 Å². The van der Waals surface area contributed by atoms with Gasteiger partial charge in [-0.25, -0.2) is 8.42 Å². The number of phenolic OH excluding ortho intramolecular Hbond substituents is 1. The minimum Gasteiger partial charge on any atom is -0.505 e. The number of nitrogens with one attached hydrogen (secondary N) is 1. The van der Waals surface area contributed by atoms with E-state index in [0.29, 0.717) is 5.69 Å². The van der Waals surface area contributed by atoms with E-state index in [4.69, 9.17) is 16.3 Å². The number of nitrogens with zero attached hydrogens (tertiary/aromatic N) is 1. The molecule has 2 rings (SSSR count). The molecule has 0 fully saturated rings. The molecular formula is C15H15ClN2O5S. The molecule has 7 nitrogen and oxygen atoms in total. The lowest BCUT2D eigenvalue weighted by molar-refractivity contribution is -0.142. The first kappa shape index (κ1) is 18.0. The van der Waals surface area contributed by atoms with Gasteiger partial charge in [0, 0.05) is 0 Å². The molecule has 0 radical (unpaired) electrons. The zero-order valence-corrected chi connectivity index (χ0v) is 14.3. The van der Waals surface area contributed by atoms with Crippen molar-refractivity contribution >= 4 is 33.3 Å². The lowest BCUT2D eigenvalue weighted by Crippen LogP contribution is -2.14. The molecule has 0 aliphatic heterocycles. The molecule has 0 amide bonds. The Balaban J connectivity index is 2.16. The predicted molar refractivity (Wildman–Crippen MR) is 88.5 cm³/mol. The third-order valence-electron chi connectivity index (χ3n) is 2.95. The Hall–Kier alpha value is -2.32. The number of aromatic nitrogens is 1. The van der Waals surface area contributed by atoms with Crippen molar-refractivity contribution in [2.75, 3.05) is 11.3 Å². The second-order valence-electron chi connectivity index (χ2n) is 4.71. The van der Waals surface area contributed by atoms with Gasteiger partial charge in [0.25, 0.3) is 10.0 Å². The van der Waals surface area contributed by atoms with Crippen LogP contribution in [0.1, 0.15) is 12.6 Å². The SMILES string of the molecule is CCOC(=O)Cc1ccc(NS(=O)(=O)c2cccc(Cl)c2O)cn1. The average molecular weight is 371 g/mol. The number of pyridine rings is 1. The predicted octanol–water partition coefficient (Wildman–Crippen LogP) is 2.35. The summed E-state index contributed by atoms with van der Waals surface area (Å²) in [6.07, 6.45) is 1.27. The summed E-state index contributed by atoms with van der Waals surface area (Å²) in [6, 6.07) is 6.98. The minimum absolute atomic E-state index is 0.00402. The van der Waals surface area contributed by atoms with Crippen LogP contribution in [0.3, 0.4) is 0 Å². The lowest BCUT2D eigenvalue weighted by atomic mass is 10.2. The van der Waals surface area contributed by atoms with Crippen LogP contribution in [0, 0.1) is 0 Å². The van der Waals surface area contributed by atoms with Crippen LogP contribution in [-0.2, 0) is 26.0 Å². The van der Waals surface area contributed by atoms with Crippen molar-refractivity contribution in [1.82, 2.24) is 4.98 Å². The summed E-state index contributed by atoms with van der Waals surface area (Å²) in [5.41, 5.74) is 0.629. The number of hydrogen-bond acceptors (Lipinski definition) is 6. The molecule has 0 saturated carbocycles. The largest absolute Gasteiger partial charge is 0.505 e. The van der Waals surface area contributed by atoms with E-state index < -0.39 is 21.7 Å². The van der Waals surface area contributed by atoms with Gasteiger partial charge in [-0.2, -0.15) is 0 Å². The van der Waals surface area contributed by atoms with Crippen LogP contribution in [0.25, 0.3) is 0 Å². The highest BCUT2D eigenvalue weighted by molar-refractivity contribution is 7.92. The third kappa shape index (κ3) is 4.36. The molecular weight excluding hydrogens is 356 g/mol. The second kappa shape index (κ2) is 7.50. The van der Waals surface area contributed by atoms with Crippen LogP contribution in [-0.4, -0.2) is 31.1 Å². The van der Waals surface area contributed by atoms with Gasteiger partial charge in [-0.3, -0.25) is 14.5 Å². The number of anilines is 1. The van der Waals surface area contributed by atoms with E-state index in [1.54, 1.807) is 6.92 Å². The van der Waals surface area contributed by atoms with Gasteiger partial charge in [0.1, 0.15) is 4.90 Å². The number of ether oxygens (including phenoxy) is 1. The molecule has 0 saturated heterocycles. The lowest BCUT2D eigenvalue weighted by Gasteiger charge is -2.10. The Morgan fingerprint density at radius 3 is 2.71 bits per heavy atom. The highest BCUT2D eigenvalue weighted by atomic mass is 35.5. The molecule has 2 N–H and O–H groups in total. The number of carbonyl (C=O) groups excluding carboxylic acids is 1. The highest BCUT2D eigenvalue weighted by Crippen LogP contribution is 2.31. The monoisotopic (exact) mass is 370 g/mol. The normalized spacial score (nSPS) is 11.1. The maximum Gasteiger partial charge on any atom is 0.311 e. The van der Waals surface area contributed by atoms with Gasteiger partial charge in [0.05, 0.1) is 35.6 Å². The fraction of sp³-hybridized carbons (Fsp3) is 0.200. The van der Waals surface area contributed by atoms with E-state index in [-0.39, 0.29) is 28.6 Å². The summed E-state index contributed by atoms with van der Waals surface area (Å²) >= 11 is 5.72. The van der Waals surface area contributed by atoms with Gasteiger partial charge in [-0.1, -0.05) is 17.7 Å². The van der Waals surface area contributed by atoms with Gasteiger partial charge in [0.15, 0.2) is 5.75 Å². The number of aromatic hydroxyl groups is 1. The van der Waals surface area contributed by atoms with E-state index in [2.05, 4.69) is 9.71 Å². The highest BCUT2D eigenvalue weighted by Gasteiger charge is 2.20. The number of sulfonamides is 1. The number of carbonyl (C=O) groups is 1. The molecule has 1 aromatic carbocycles. The first-order valence-electron chi connectivity index (χ1n) is 6.94. The zero-order chi connectivity index (χ0) is 17.7. The van der Waals surface area contributed by atoms with Gasteiger partial charge < -0.3 is 9.84 Å². The minimum atomic E-state index is -4.03. The van der Waals surface area contributed by atoms with Gasteiger partial charge in [-0.15, -0.1) is 0 Å². The van der Waals surface area contributed by atoms with Crippen molar-refractivity contribution in [3.05, 3.63) is 47.2 Å². The molecule has 1 aromatic heterocycles. The van der Waals surface area contributed by atoms with Crippen molar-refractivity contribution in [3.8, 4) is 5.75 Å². The Labute approximate surface area is 144 Å². The molecule has 0 aliphatic rings.